The first-order valence-corrected chi connectivity index (χ1v) is 8.76. The number of nitrogens with zero attached hydrogens (tertiary/aromatic N) is 2. The Hall–Kier alpha value is -3.60. The zero-order valence-corrected chi connectivity index (χ0v) is 14.7. The van der Waals surface area contributed by atoms with Crippen LogP contribution in [0.25, 0.3) is 16.5 Å². The van der Waals surface area contributed by atoms with Crippen LogP contribution in [0.2, 0.25) is 0 Å². The van der Waals surface area contributed by atoms with Gasteiger partial charge in [-0.25, -0.2) is 4.68 Å². The molecule has 0 saturated carbocycles. The van der Waals surface area contributed by atoms with E-state index in [9.17, 15) is 4.79 Å². The van der Waals surface area contributed by atoms with Gasteiger partial charge in [-0.1, -0.05) is 48.5 Å². The van der Waals surface area contributed by atoms with Crippen LogP contribution in [-0.2, 0) is 11.3 Å². The monoisotopic (exact) mass is 357 g/mol. The van der Waals surface area contributed by atoms with Crippen LogP contribution in [-0.4, -0.2) is 22.3 Å². The van der Waals surface area contributed by atoms with Gasteiger partial charge in [0.25, 0.3) is 5.91 Å². The van der Waals surface area contributed by atoms with Gasteiger partial charge in [0.15, 0.2) is 6.61 Å². The summed E-state index contributed by atoms with van der Waals surface area (Å²) in [7, 11) is 0. The second-order valence-electron chi connectivity index (χ2n) is 6.15. The molecule has 0 aliphatic rings. The standard InChI is InChI=1S/C22H19N3O2/c26-22(16-27-20-11-10-17-6-1-2-7-18(17)14-20)23-15-19-8-3-4-9-21(19)25-13-5-12-24-25/h1-14H,15-16H2,(H,23,26). The molecule has 27 heavy (non-hydrogen) atoms. The van der Waals surface area contributed by atoms with Crippen molar-refractivity contribution in [2.24, 2.45) is 0 Å². The van der Waals surface area contributed by atoms with Crippen molar-refractivity contribution in [1.29, 1.82) is 0 Å². The highest BCUT2D eigenvalue weighted by atomic mass is 16.5. The third-order valence-electron chi connectivity index (χ3n) is 4.31. The van der Waals surface area contributed by atoms with E-state index in [0.717, 1.165) is 22.0 Å². The topological polar surface area (TPSA) is 56.1 Å². The number of rotatable bonds is 6. The molecular formula is C22H19N3O2. The van der Waals surface area contributed by atoms with E-state index in [0.29, 0.717) is 12.3 Å². The summed E-state index contributed by atoms with van der Waals surface area (Å²) in [5.74, 6) is 0.513. The van der Waals surface area contributed by atoms with Crippen LogP contribution in [0.15, 0.2) is 85.2 Å². The summed E-state index contributed by atoms with van der Waals surface area (Å²) < 4.78 is 7.42. The fourth-order valence-corrected chi connectivity index (χ4v) is 2.95. The van der Waals surface area contributed by atoms with Gasteiger partial charge in [-0.2, -0.15) is 5.10 Å². The van der Waals surface area contributed by atoms with Crippen molar-refractivity contribution < 1.29 is 9.53 Å². The van der Waals surface area contributed by atoms with Crippen molar-refractivity contribution in [3.05, 3.63) is 90.8 Å². The van der Waals surface area contributed by atoms with Gasteiger partial charge in [-0.15, -0.1) is 0 Å². The zero-order valence-electron chi connectivity index (χ0n) is 14.7. The van der Waals surface area contributed by atoms with E-state index >= 15 is 0 Å². The number of carbonyl (C=O) groups is 1. The largest absolute Gasteiger partial charge is 0.484 e. The Bertz CT molecular complexity index is 1060. The van der Waals surface area contributed by atoms with Crippen molar-refractivity contribution in [3.63, 3.8) is 0 Å². The molecule has 134 valence electrons. The van der Waals surface area contributed by atoms with Crippen LogP contribution >= 0.6 is 0 Å². The first kappa shape index (κ1) is 16.8. The number of carbonyl (C=O) groups excluding carboxylic acids is 1. The Kier molecular flexibility index (Phi) is 4.83. The van der Waals surface area contributed by atoms with E-state index in [2.05, 4.69) is 10.4 Å². The van der Waals surface area contributed by atoms with E-state index in [-0.39, 0.29) is 12.5 Å². The summed E-state index contributed by atoms with van der Waals surface area (Å²) in [5, 5.41) is 9.39. The summed E-state index contributed by atoms with van der Waals surface area (Å²) in [6.07, 6.45) is 3.61. The molecule has 1 heterocycles. The molecule has 0 unspecified atom stereocenters. The van der Waals surface area contributed by atoms with E-state index in [1.165, 1.54) is 0 Å². The van der Waals surface area contributed by atoms with Gasteiger partial charge >= 0.3 is 0 Å². The van der Waals surface area contributed by atoms with Crippen LogP contribution in [0.3, 0.4) is 0 Å². The number of ether oxygens (including phenoxy) is 1. The highest BCUT2D eigenvalue weighted by molar-refractivity contribution is 5.84. The predicted molar refractivity (Wildman–Crippen MR) is 105 cm³/mol. The number of aromatic nitrogens is 2. The van der Waals surface area contributed by atoms with Crippen LogP contribution in [0.5, 0.6) is 5.75 Å². The Morgan fingerprint density at radius 3 is 2.63 bits per heavy atom. The first-order chi connectivity index (χ1) is 13.3. The van der Waals surface area contributed by atoms with Crippen molar-refractivity contribution in [1.82, 2.24) is 15.1 Å². The molecule has 0 saturated heterocycles. The second kappa shape index (κ2) is 7.74. The van der Waals surface area contributed by atoms with Crippen LogP contribution in [0.1, 0.15) is 5.56 Å². The maximum Gasteiger partial charge on any atom is 0.258 e. The van der Waals surface area contributed by atoms with E-state index in [4.69, 9.17) is 4.74 Å². The summed E-state index contributed by atoms with van der Waals surface area (Å²) in [6.45, 7) is 0.387. The summed E-state index contributed by atoms with van der Waals surface area (Å²) >= 11 is 0. The van der Waals surface area contributed by atoms with Crippen LogP contribution < -0.4 is 10.1 Å². The van der Waals surface area contributed by atoms with Crippen molar-refractivity contribution in [2.45, 2.75) is 6.54 Å². The first-order valence-electron chi connectivity index (χ1n) is 8.76. The molecule has 3 aromatic carbocycles. The molecule has 0 fully saturated rings. The number of nitrogens with one attached hydrogen (secondary N) is 1. The Balaban J connectivity index is 1.36. The number of amides is 1. The van der Waals surface area contributed by atoms with Crippen molar-refractivity contribution in [2.75, 3.05) is 6.61 Å². The van der Waals surface area contributed by atoms with Gasteiger partial charge in [0.05, 0.1) is 5.69 Å². The molecule has 0 aliphatic carbocycles. The molecule has 0 spiro atoms. The van der Waals surface area contributed by atoms with E-state index in [1.807, 2.05) is 79.0 Å². The SMILES string of the molecule is O=C(COc1ccc2ccccc2c1)NCc1ccccc1-n1cccn1. The molecule has 4 aromatic rings. The normalized spacial score (nSPS) is 10.7. The van der Waals surface area contributed by atoms with E-state index < -0.39 is 0 Å². The molecule has 5 heteroatoms. The lowest BCUT2D eigenvalue weighted by molar-refractivity contribution is -0.123. The van der Waals surface area contributed by atoms with Crippen LogP contribution in [0, 0.1) is 0 Å². The zero-order chi connectivity index (χ0) is 18.5. The molecule has 0 bridgehead atoms. The molecule has 0 radical (unpaired) electrons. The molecule has 0 aliphatic heterocycles. The quantitative estimate of drug-likeness (QED) is 0.572. The number of para-hydroxylation sites is 1. The maximum absolute atomic E-state index is 12.2. The molecule has 1 amide bonds. The molecule has 4 rings (SSSR count). The summed E-state index contributed by atoms with van der Waals surface area (Å²) in [4.78, 5) is 12.2. The Labute approximate surface area is 157 Å². The van der Waals surface area contributed by atoms with Gasteiger partial charge in [0.1, 0.15) is 5.75 Å². The minimum atomic E-state index is -0.168. The predicted octanol–water partition coefficient (Wildman–Crippen LogP) is 3.72. The Morgan fingerprint density at radius 2 is 1.78 bits per heavy atom. The average molecular weight is 357 g/mol. The number of hydrogen-bond acceptors (Lipinski definition) is 3. The summed E-state index contributed by atoms with van der Waals surface area (Å²) in [6, 6.07) is 23.6. The van der Waals surface area contributed by atoms with Crippen molar-refractivity contribution >= 4 is 16.7 Å². The van der Waals surface area contributed by atoms with Gasteiger partial charge in [0, 0.05) is 18.9 Å². The number of benzene rings is 3. The smallest absolute Gasteiger partial charge is 0.258 e. The number of fused-ring (bicyclic) bond motifs is 1. The lowest BCUT2D eigenvalue weighted by atomic mass is 10.1. The number of hydrogen-bond donors (Lipinski definition) is 1. The Morgan fingerprint density at radius 1 is 0.963 bits per heavy atom. The summed E-state index contributed by atoms with van der Waals surface area (Å²) in [5.41, 5.74) is 1.93. The second-order valence-corrected chi connectivity index (χ2v) is 6.15. The molecule has 1 aromatic heterocycles. The van der Waals surface area contributed by atoms with Gasteiger partial charge in [-0.05, 0) is 40.6 Å². The minimum absolute atomic E-state index is 0.0255. The highest BCUT2D eigenvalue weighted by Gasteiger charge is 2.07. The van der Waals surface area contributed by atoms with Crippen molar-refractivity contribution in [3.8, 4) is 11.4 Å². The third kappa shape index (κ3) is 3.98. The van der Waals surface area contributed by atoms with Gasteiger partial charge < -0.3 is 10.1 Å². The molecular weight excluding hydrogens is 338 g/mol. The maximum atomic E-state index is 12.2. The van der Waals surface area contributed by atoms with Crippen LogP contribution in [0.4, 0.5) is 0 Å². The fourth-order valence-electron chi connectivity index (χ4n) is 2.95. The highest BCUT2D eigenvalue weighted by Crippen LogP contribution is 2.20. The molecule has 5 nitrogen and oxygen atoms in total. The third-order valence-corrected chi connectivity index (χ3v) is 4.31. The van der Waals surface area contributed by atoms with Gasteiger partial charge in [0.2, 0.25) is 0 Å². The molecule has 0 atom stereocenters. The average Bonchev–Trinajstić information content (AvgIpc) is 3.25. The minimum Gasteiger partial charge on any atom is -0.484 e. The lowest BCUT2D eigenvalue weighted by Crippen LogP contribution is -2.28. The molecule has 1 N–H and O–H groups in total. The fraction of sp³-hybridized carbons (Fsp3) is 0.0909. The van der Waals surface area contributed by atoms with E-state index in [1.54, 1.807) is 10.9 Å². The lowest BCUT2D eigenvalue weighted by Gasteiger charge is -2.11. The van der Waals surface area contributed by atoms with Gasteiger partial charge in [-0.3, -0.25) is 4.79 Å².